The van der Waals surface area contributed by atoms with Gasteiger partial charge in [0.15, 0.2) is 5.82 Å². The summed E-state index contributed by atoms with van der Waals surface area (Å²) in [5.74, 6) is 0.722. The molecule has 2 heterocycles. The van der Waals surface area contributed by atoms with Gasteiger partial charge in [0, 0.05) is 67.3 Å². The second kappa shape index (κ2) is 19.1. The van der Waals surface area contributed by atoms with E-state index in [1.807, 2.05) is 0 Å². The summed E-state index contributed by atoms with van der Waals surface area (Å²) in [6.07, 6.45) is 0. The van der Waals surface area contributed by atoms with E-state index in [0.29, 0.717) is 0 Å². The van der Waals surface area contributed by atoms with E-state index in [4.69, 9.17) is 9.97 Å². The van der Waals surface area contributed by atoms with E-state index in [1.165, 1.54) is 44.2 Å². The van der Waals surface area contributed by atoms with Gasteiger partial charge in [-0.05, 0) is 177 Å². The molecule has 0 unspecified atom stereocenters. The summed E-state index contributed by atoms with van der Waals surface area (Å²) in [7, 11) is 0. The number of para-hydroxylation sites is 4. The van der Waals surface area contributed by atoms with Gasteiger partial charge in [-0.15, -0.1) is 0 Å². The molecule has 0 saturated heterocycles. The van der Waals surface area contributed by atoms with Crippen molar-refractivity contribution in [3.63, 3.8) is 0 Å². The van der Waals surface area contributed by atoms with Gasteiger partial charge in [0.05, 0.1) is 22.4 Å². The molecule has 5 heteroatoms. The lowest BCUT2D eigenvalue weighted by Crippen LogP contribution is -2.09. The Hall–Kier alpha value is -9.32. The summed E-state index contributed by atoms with van der Waals surface area (Å²) in [6, 6.07) is 89.1. The molecule has 0 aliphatic heterocycles. The van der Waals surface area contributed by atoms with Crippen molar-refractivity contribution < 1.29 is 0 Å². The molecule has 10 aromatic carbocycles. The minimum Gasteiger partial charge on any atom is -0.310 e. The van der Waals surface area contributed by atoms with E-state index >= 15 is 0 Å². The Morgan fingerprint density at radius 2 is 0.740 bits per heavy atom. The molecule has 0 aliphatic carbocycles. The lowest BCUT2D eigenvalue weighted by Gasteiger charge is -2.26. The fraction of sp³-hybridized carbons (Fsp3) is 0.0588. The summed E-state index contributed by atoms with van der Waals surface area (Å²) in [5, 5.41) is 2.33. The molecule has 12 rings (SSSR count). The molecule has 12 aromatic rings. The van der Waals surface area contributed by atoms with Gasteiger partial charge < -0.3 is 14.4 Å². The number of aromatic nitrogens is 3. The third-order valence-electron chi connectivity index (χ3n) is 13.9. The molecule has 0 radical (unpaired) electrons. The first-order chi connectivity index (χ1) is 35.8. The van der Waals surface area contributed by atoms with Gasteiger partial charge >= 0.3 is 0 Å². The topological polar surface area (TPSA) is 37.2 Å². The van der Waals surface area contributed by atoms with Crippen molar-refractivity contribution in [1.29, 1.82) is 0 Å². The zero-order valence-electron chi connectivity index (χ0n) is 41.4. The molecule has 0 aliphatic rings. The lowest BCUT2D eigenvalue weighted by atomic mass is 9.92. The van der Waals surface area contributed by atoms with Crippen LogP contribution in [0.25, 0.3) is 72.5 Å². The van der Waals surface area contributed by atoms with Crippen LogP contribution in [0, 0.1) is 27.7 Å². The van der Waals surface area contributed by atoms with E-state index in [0.717, 1.165) is 84.7 Å². The highest BCUT2D eigenvalue weighted by atomic mass is 15.1. The van der Waals surface area contributed by atoms with Crippen LogP contribution in [0.4, 0.5) is 34.1 Å². The number of hydrogen-bond donors (Lipinski definition) is 0. The van der Waals surface area contributed by atoms with Gasteiger partial charge in [-0.25, -0.2) is 9.97 Å². The van der Waals surface area contributed by atoms with E-state index in [2.05, 4.69) is 291 Å². The van der Waals surface area contributed by atoms with E-state index in [9.17, 15) is 0 Å². The Morgan fingerprint density at radius 1 is 0.315 bits per heavy atom. The van der Waals surface area contributed by atoms with E-state index in [1.54, 1.807) is 0 Å². The fourth-order valence-corrected chi connectivity index (χ4v) is 10.6. The van der Waals surface area contributed by atoms with Gasteiger partial charge in [-0.1, -0.05) is 132 Å². The average Bonchev–Trinajstić information content (AvgIpc) is 3.75. The normalized spacial score (nSPS) is 11.3. The number of benzene rings is 10. The van der Waals surface area contributed by atoms with Gasteiger partial charge in [-0.3, -0.25) is 0 Å². The summed E-state index contributed by atoms with van der Waals surface area (Å²) >= 11 is 0. The highest BCUT2D eigenvalue weighted by Gasteiger charge is 2.21. The highest BCUT2D eigenvalue weighted by Crippen LogP contribution is 2.43. The summed E-state index contributed by atoms with van der Waals surface area (Å²) in [4.78, 5) is 15.0. The zero-order chi connectivity index (χ0) is 49.4. The van der Waals surface area contributed by atoms with Gasteiger partial charge in [0.2, 0.25) is 0 Å². The number of nitrogens with zero attached hydrogens (tertiary/aromatic N) is 5. The van der Waals surface area contributed by atoms with Gasteiger partial charge in [0.25, 0.3) is 0 Å². The molecule has 0 atom stereocenters. The summed E-state index contributed by atoms with van der Waals surface area (Å²) in [6.45, 7) is 8.67. The van der Waals surface area contributed by atoms with Crippen molar-refractivity contribution >= 4 is 55.9 Å². The molecule has 5 nitrogen and oxygen atoms in total. The van der Waals surface area contributed by atoms with Crippen LogP contribution in [0.15, 0.2) is 249 Å². The Bertz CT molecular complexity index is 3630. The van der Waals surface area contributed by atoms with Crippen LogP contribution in [-0.4, -0.2) is 14.5 Å². The first kappa shape index (κ1) is 44.9. The molecular formula is C68H53N5. The predicted octanol–water partition coefficient (Wildman–Crippen LogP) is 18.4. The first-order valence-electron chi connectivity index (χ1n) is 25.0. The van der Waals surface area contributed by atoms with E-state index < -0.39 is 0 Å². The van der Waals surface area contributed by atoms with Crippen molar-refractivity contribution in [2.45, 2.75) is 27.7 Å². The quantitative estimate of drug-likeness (QED) is 0.129. The molecule has 0 saturated carbocycles. The minimum atomic E-state index is 0.722. The Labute approximate surface area is 427 Å². The Kier molecular flexibility index (Phi) is 11.7. The van der Waals surface area contributed by atoms with Crippen molar-refractivity contribution in [2.24, 2.45) is 0 Å². The van der Waals surface area contributed by atoms with Crippen molar-refractivity contribution in [3.05, 3.63) is 271 Å². The number of rotatable bonds is 11. The monoisotopic (exact) mass is 939 g/mol. The maximum Gasteiger partial charge on any atom is 0.160 e. The highest BCUT2D eigenvalue weighted by molar-refractivity contribution is 6.12. The van der Waals surface area contributed by atoms with Crippen LogP contribution in [0.2, 0.25) is 0 Å². The number of aryl methyl sites for hydroxylation is 4. The Morgan fingerprint density at radius 3 is 1.19 bits per heavy atom. The first-order valence-corrected chi connectivity index (χ1v) is 25.0. The van der Waals surface area contributed by atoms with Crippen LogP contribution in [0.3, 0.4) is 0 Å². The molecular weight excluding hydrogens is 887 g/mol. The number of fused-ring (bicyclic) bond motifs is 3. The summed E-state index contributed by atoms with van der Waals surface area (Å²) < 4.78 is 2.42. The van der Waals surface area contributed by atoms with Crippen molar-refractivity contribution in [3.8, 4) is 50.7 Å². The van der Waals surface area contributed by atoms with Crippen LogP contribution >= 0.6 is 0 Å². The van der Waals surface area contributed by atoms with Crippen molar-refractivity contribution in [2.75, 3.05) is 9.80 Å². The SMILES string of the molecule is Cc1cccc(-c2cc(-c3cc(C)c(-c4ccc(-n5c6ccc(N(c7ccccc7)c7ccccc7)cc6c6cc(N(c7ccccc7)c7ccccc7)ccc65)cc4)c(C)c3)nc(-c3cccc(C)c3)n2)c1. The van der Waals surface area contributed by atoms with Crippen molar-refractivity contribution in [1.82, 2.24) is 14.5 Å². The third kappa shape index (κ3) is 8.72. The van der Waals surface area contributed by atoms with Gasteiger partial charge in [-0.2, -0.15) is 0 Å². The molecule has 0 fully saturated rings. The zero-order valence-corrected chi connectivity index (χ0v) is 41.4. The van der Waals surface area contributed by atoms with Gasteiger partial charge in [0.1, 0.15) is 0 Å². The standard InChI is InChI=1S/C68H53N5/c1-46-19-17-21-51(39-46)63-45-64(70-68(69-63)52-22-18-20-47(2)40-52)53-41-48(3)67(49(4)42-53)50-31-33-58(34-32-50)73-65-37-35-59(71(54-23-9-5-10-24-54)55-25-11-6-12-26-55)43-61(65)62-44-60(36-38-66(62)73)72(56-27-13-7-14-28-56)57-29-15-8-16-30-57/h5-45H,1-4H3. The second-order valence-electron chi connectivity index (χ2n) is 19.0. The second-order valence-corrected chi connectivity index (χ2v) is 19.0. The average molecular weight is 940 g/mol. The smallest absolute Gasteiger partial charge is 0.160 e. The minimum absolute atomic E-state index is 0.722. The largest absolute Gasteiger partial charge is 0.310 e. The maximum atomic E-state index is 5.21. The molecule has 73 heavy (non-hydrogen) atoms. The fourth-order valence-electron chi connectivity index (χ4n) is 10.6. The third-order valence-corrected chi connectivity index (χ3v) is 13.9. The Balaban J connectivity index is 0.974. The van der Waals surface area contributed by atoms with Crippen LogP contribution in [0.5, 0.6) is 0 Å². The molecule has 350 valence electrons. The number of hydrogen-bond acceptors (Lipinski definition) is 4. The molecule has 0 N–H and O–H groups in total. The van der Waals surface area contributed by atoms with E-state index in [-0.39, 0.29) is 0 Å². The molecule has 0 bridgehead atoms. The lowest BCUT2D eigenvalue weighted by molar-refractivity contribution is 1.17. The number of anilines is 6. The van der Waals surface area contributed by atoms with Crippen LogP contribution in [0.1, 0.15) is 22.3 Å². The predicted molar refractivity (Wildman–Crippen MR) is 306 cm³/mol. The van der Waals surface area contributed by atoms with Crippen LogP contribution in [-0.2, 0) is 0 Å². The maximum absolute atomic E-state index is 5.21. The summed E-state index contributed by atoms with van der Waals surface area (Å²) in [5.41, 5.74) is 22.0. The van der Waals surface area contributed by atoms with Crippen LogP contribution < -0.4 is 9.80 Å². The molecule has 0 amide bonds. The molecule has 2 aromatic heterocycles. The molecule has 0 spiro atoms.